The third kappa shape index (κ3) is 1.87. The van der Waals surface area contributed by atoms with Gasteiger partial charge in [0.15, 0.2) is 0 Å². The summed E-state index contributed by atoms with van der Waals surface area (Å²) in [7, 11) is 0. The summed E-state index contributed by atoms with van der Waals surface area (Å²) in [6.07, 6.45) is 1.19. The molecule has 0 saturated carbocycles. The highest BCUT2D eigenvalue weighted by molar-refractivity contribution is 7.18. The second kappa shape index (κ2) is 3.87. The van der Waals surface area contributed by atoms with Crippen LogP contribution < -0.4 is 0 Å². The van der Waals surface area contributed by atoms with E-state index in [9.17, 15) is 5.11 Å². The summed E-state index contributed by atoms with van der Waals surface area (Å²) >= 11 is 1.66. The maximum absolute atomic E-state index is 9.58. The van der Waals surface area contributed by atoms with E-state index in [0.717, 1.165) is 15.9 Å². The summed E-state index contributed by atoms with van der Waals surface area (Å²) < 4.78 is 0. The highest BCUT2D eigenvalue weighted by atomic mass is 32.1. The topological polar surface area (TPSA) is 46.0 Å². The fourth-order valence-electron chi connectivity index (χ4n) is 1.59. The summed E-state index contributed by atoms with van der Waals surface area (Å²) in [4.78, 5) is 10.7. The van der Waals surface area contributed by atoms with Crippen molar-refractivity contribution in [1.82, 2.24) is 9.97 Å². The molecule has 0 amide bonds. The lowest BCUT2D eigenvalue weighted by atomic mass is 10.00. The quantitative estimate of drug-likeness (QED) is 0.849. The van der Waals surface area contributed by atoms with Gasteiger partial charge in [-0.2, -0.15) is 0 Å². The lowest BCUT2D eigenvalue weighted by molar-refractivity contribution is 0.168. The molecule has 2 aromatic rings. The zero-order chi connectivity index (χ0) is 11.0. The van der Waals surface area contributed by atoms with Crippen LogP contribution in [-0.2, 0) is 0 Å². The molecule has 0 aliphatic carbocycles. The first-order valence-corrected chi connectivity index (χ1v) is 5.80. The molecule has 0 aliphatic heterocycles. The van der Waals surface area contributed by atoms with Gasteiger partial charge in [-0.25, -0.2) is 9.97 Å². The molecule has 80 valence electrons. The molecule has 2 unspecified atom stereocenters. The average molecular weight is 222 g/mol. The summed E-state index contributed by atoms with van der Waals surface area (Å²) in [5.41, 5.74) is 0.944. The zero-order valence-corrected chi connectivity index (χ0v) is 9.88. The van der Waals surface area contributed by atoms with Crippen molar-refractivity contribution in [2.45, 2.75) is 32.8 Å². The number of rotatable bonds is 2. The van der Waals surface area contributed by atoms with Gasteiger partial charge in [0.25, 0.3) is 0 Å². The van der Waals surface area contributed by atoms with Crippen LogP contribution in [0.2, 0.25) is 0 Å². The van der Waals surface area contributed by atoms with Crippen molar-refractivity contribution in [2.75, 3.05) is 0 Å². The predicted molar refractivity (Wildman–Crippen MR) is 62.2 cm³/mol. The van der Waals surface area contributed by atoms with Crippen LogP contribution in [0.3, 0.4) is 0 Å². The first-order chi connectivity index (χ1) is 7.09. The molecule has 4 heteroatoms. The van der Waals surface area contributed by atoms with E-state index in [1.807, 2.05) is 6.92 Å². The number of nitrogens with zero attached hydrogens (tertiary/aromatic N) is 2. The van der Waals surface area contributed by atoms with E-state index in [4.69, 9.17) is 0 Å². The second-order valence-corrected chi connectivity index (χ2v) is 5.10. The minimum Gasteiger partial charge on any atom is -0.393 e. The van der Waals surface area contributed by atoms with Crippen molar-refractivity contribution < 1.29 is 5.11 Å². The monoisotopic (exact) mass is 222 g/mol. The van der Waals surface area contributed by atoms with Gasteiger partial charge in [-0.15, -0.1) is 11.3 Å². The number of hydrogen-bond donors (Lipinski definition) is 1. The first-order valence-electron chi connectivity index (χ1n) is 4.98. The molecule has 0 spiro atoms. The molecule has 2 heterocycles. The number of aryl methyl sites for hydroxylation is 1. The molecule has 1 N–H and O–H groups in total. The van der Waals surface area contributed by atoms with Gasteiger partial charge in [0, 0.05) is 16.2 Å². The number of aliphatic hydroxyl groups is 1. The van der Waals surface area contributed by atoms with Crippen LogP contribution in [0, 0.1) is 6.92 Å². The number of thiophene rings is 1. The Morgan fingerprint density at radius 1 is 1.33 bits per heavy atom. The summed E-state index contributed by atoms with van der Waals surface area (Å²) in [6.45, 7) is 5.83. The van der Waals surface area contributed by atoms with Gasteiger partial charge in [-0.3, -0.25) is 0 Å². The van der Waals surface area contributed by atoms with Crippen LogP contribution in [0.1, 0.15) is 30.3 Å². The largest absolute Gasteiger partial charge is 0.393 e. The van der Waals surface area contributed by atoms with E-state index in [2.05, 4.69) is 23.0 Å². The van der Waals surface area contributed by atoms with E-state index in [1.165, 1.54) is 4.88 Å². The Hall–Kier alpha value is -1.00. The Balaban J connectivity index is 2.59. The molecule has 0 bridgehead atoms. The van der Waals surface area contributed by atoms with Crippen molar-refractivity contribution in [1.29, 1.82) is 0 Å². The molecular formula is C11H14N2OS. The molecule has 2 aromatic heterocycles. The van der Waals surface area contributed by atoms with Gasteiger partial charge in [0.05, 0.1) is 11.8 Å². The molecular weight excluding hydrogens is 208 g/mol. The van der Waals surface area contributed by atoms with Crippen LogP contribution in [0.15, 0.2) is 12.4 Å². The molecule has 0 aliphatic rings. The predicted octanol–water partition coefficient (Wildman–Crippen LogP) is 2.48. The van der Waals surface area contributed by atoms with E-state index in [1.54, 1.807) is 24.6 Å². The number of aromatic nitrogens is 2. The third-order valence-electron chi connectivity index (χ3n) is 2.64. The van der Waals surface area contributed by atoms with Crippen LogP contribution in [-0.4, -0.2) is 21.2 Å². The zero-order valence-electron chi connectivity index (χ0n) is 9.06. The standard InChI is InChI=1S/C11H14N2OS/c1-6-4-9-10(7(2)8(3)14)12-5-13-11(9)15-6/h4-5,7-8,14H,1-3H3. The minimum atomic E-state index is -0.386. The Labute approximate surface area is 92.8 Å². The first kappa shape index (κ1) is 10.5. The van der Waals surface area contributed by atoms with Gasteiger partial charge >= 0.3 is 0 Å². The number of hydrogen-bond acceptors (Lipinski definition) is 4. The molecule has 2 atom stereocenters. The summed E-state index contributed by atoms with van der Waals surface area (Å²) in [6, 6.07) is 2.09. The SMILES string of the molecule is Cc1cc2c(C(C)C(C)O)ncnc2s1. The maximum atomic E-state index is 9.58. The van der Waals surface area contributed by atoms with Crippen molar-refractivity contribution in [3.8, 4) is 0 Å². The molecule has 0 saturated heterocycles. The van der Waals surface area contributed by atoms with Crippen molar-refractivity contribution in [2.24, 2.45) is 0 Å². The molecule has 2 rings (SSSR count). The van der Waals surface area contributed by atoms with Crippen LogP contribution in [0.25, 0.3) is 10.2 Å². The lowest BCUT2D eigenvalue weighted by Crippen LogP contribution is -2.12. The Morgan fingerprint density at radius 2 is 2.07 bits per heavy atom. The second-order valence-electron chi connectivity index (χ2n) is 3.86. The van der Waals surface area contributed by atoms with Crippen molar-refractivity contribution >= 4 is 21.6 Å². The van der Waals surface area contributed by atoms with E-state index in [0.29, 0.717) is 0 Å². The average Bonchev–Trinajstić information content (AvgIpc) is 2.56. The van der Waals surface area contributed by atoms with Gasteiger partial charge in [0.1, 0.15) is 11.2 Å². The molecule has 0 fully saturated rings. The fraction of sp³-hybridized carbons (Fsp3) is 0.455. The third-order valence-corrected chi connectivity index (χ3v) is 3.60. The van der Waals surface area contributed by atoms with Gasteiger partial charge in [0.2, 0.25) is 0 Å². The molecule has 15 heavy (non-hydrogen) atoms. The smallest absolute Gasteiger partial charge is 0.127 e. The molecule has 0 aromatic carbocycles. The van der Waals surface area contributed by atoms with Crippen molar-refractivity contribution in [3.05, 3.63) is 23.0 Å². The summed E-state index contributed by atoms with van der Waals surface area (Å²) in [5, 5.41) is 10.7. The minimum absolute atomic E-state index is 0.0458. The maximum Gasteiger partial charge on any atom is 0.127 e. The van der Waals surface area contributed by atoms with Crippen LogP contribution in [0.4, 0.5) is 0 Å². The Bertz CT molecular complexity index is 478. The van der Waals surface area contributed by atoms with E-state index >= 15 is 0 Å². The fourth-order valence-corrected chi connectivity index (χ4v) is 2.44. The van der Waals surface area contributed by atoms with Crippen molar-refractivity contribution in [3.63, 3.8) is 0 Å². The highest BCUT2D eigenvalue weighted by Crippen LogP contribution is 2.29. The van der Waals surface area contributed by atoms with Gasteiger partial charge < -0.3 is 5.11 Å². The van der Waals surface area contributed by atoms with Gasteiger partial charge in [-0.05, 0) is 19.9 Å². The van der Waals surface area contributed by atoms with Crippen LogP contribution in [0.5, 0.6) is 0 Å². The highest BCUT2D eigenvalue weighted by Gasteiger charge is 2.17. The van der Waals surface area contributed by atoms with Crippen LogP contribution >= 0.6 is 11.3 Å². The Morgan fingerprint density at radius 3 is 2.73 bits per heavy atom. The Kier molecular flexibility index (Phi) is 2.71. The molecule has 0 radical (unpaired) electrons. The normalized spacial score (nSPS) is 15.5. The lowest BCUT2D eigenvalue weighted by Gasteiger charge is -2.14. The number of fused-ring (bicyclic) bond motifs is 1. The van der Waals surface area contributed by atoms with E-state index < -0.39 is 0 Å². The van der Waals surface area contributed by atoms with E-state index in [-0.39, 0.29) is 12.0 Å². The summed E-state index contributed by atoms with van der Waals surface area (Å²) in [5.74, 6) is 0.0458. The van der Waals surface area contributed by atoms with Gasteiger partial charge in [-0.1, -0.05) is 6.92 Å². The number of aliphatic hydroxyl groups excluding tert-OH is 1. The molecule has 3 nitrogen and oxygen atoms in total.